The molecule has 1 aliphatic rings. The lowest BCUT2D eigenvalue weighted by molar-refractivity contribution is 0.271. The Kier molecular flexibility index (Phi) is 3.10. The number of hydrazine groups is 1. The Morgan fingerprint density at radius 1 is 1.33 bits per heavy atom. The molecule has 0 amide bonds. The second-order valence-corrected chi connectivity index (χ2v) is 3.54. The maximum Gasteiger partial charge on any atom is 0.238 e. The number of nitrogens with one attached hydrogen (secondary N) is 1. The van der Waals surface area contributed by atoms with Crippen LogP contribution in [0.15, 0.2) is 12.3 Å². The summed E-state index contributed by atoms with van der Waals surface area (Å²) in [4.78, 5) is 8.13. The van der Waals surface area contributed by atoms with Gasteiger partial charge in [0.05, 0.1) is 0 Å². The molecule has 0 bridgehead atoms. The summed E-state index contributed by atoms with van der Waals surface area (Å²) in [6, 6.07) is 3.59. The highest BCUT2D eigenvalue weighted by molar-refractivity contribution is 5.29. The van der Waals surface area contributed by atoms with Crippen molar-refractivity contribution in [1.29, 1.82) is 5.26 Å². The molecule has 0 saturated carbocycles. The molecule has 1 saturated heterocycles. The number of nitrogens with zero attached hydrogens (tertiary/aromatic N) is 4. The zero-order valence-electron chi connectivity index (χ0n) is 8.48. The number of hydrogen-bond acceptors (Lipinski definition) is 5. The van der Waals surface area contributed by atoms with E-state index in [2.05, 4.69) is 20.4 Å². The molecule has 1 fully saturated rings. The molecule has 0 radical (unpaired) electrons. The van der Waals surface area contributed by atoms with Gasteiger partial charge in [-0.15, -0.1) is 0 Å². The number of aromatic nitrogens is 2. The van der Waals surface area contributed by atoms with Crippen molar-refractivity contribution in [2.45, 2.75) is 19.3 Å². The molecule has 0 unspecified atom stereocenters. The fourth-order valence-electron chi connectivity index (χ4n) is 1.62. The maximum atomic E-state index is 8.69. The summed E-state index contributed by atoms with van der Waals surface area (Å²) >= 11 is 0. The second-order valence-electron chi connectivity index (χ2n) is 3.54. The van der Waals surface area contributed by atoms with Crippen LogP contribution in [0.2, 0.25) is 0 Å². The molecular formula is C10H13N5. The Bertz CT molecular complexity index is 364. The lowest BCUT2D eigenvalue weighted by Gasteiger charge is -2.26. The lowest BCUT2D eigenvalue weighted by atomic mass is 10.2. The Labute approximate surface area is 88.7 Å². The standard InChI is InChI=1S/C10H13N5/c11-8-9-4-5-12-10(13-9)14-15-6-2-1-3-7-15/h4-5H,1-3,6-7H2,(H,12,13,14). The maximum absolute atomic E-state index is 8.69. The Hall–Kier alpha value is -1.67. The molecule has 5 nitrogen and oxygen atoms in total. The van der Waals surface area contributed by atoms with Crippen molar-refractivity contribution in [3.05, 3.63) is 18.0 Å². The zero-order chi connectivity index (χ0) is 10.5. The van der Waals surface area contributed by atoms with Gasteiger partial charge in [0, 0.05) is 19.3 Å². The van der Waals surface area contributed by atoms with Gasteiger partial charge in [-0.1, -0.05) is 6.42 Å². The van der Waals surface area contributed by atoms with Gasteiger partial charge in [-0.2, -0.15) is 5.26 Å². The van der Waals surface area contributed by atoms with Crippen LogP contribution in [0.1, 0.15) is 25.0 Å². The first-order chi connectivity index (χ1) is 7.38. The van der Waals surface area contributed by atoms with E-state index < -0.39 is 0 Å². The summed E-state index contributed by atoms with van der Waals surface area (Å²) in [5.41, 5.74) is 3.51. The first-order valence-electron chi connectivity index (χ1n) is 5.13. The highest BCUT2D eigenvalue weighted by Gasteiger charge is 2.10. The van der Waals surface area contributed by atoms with Crippen LogP contribution in [-0.4, -0.2) is 28.1 Å². The van der Waals surface area contributed by atoms with E-state index in [0.717, 1.165) is 13.1 Å². The minimum atomic E-state index is 0.393. The number of piperidine rings is 1. The van der Waals surface area contributed by atoms with E-state index in [-0.39, 0.29) is 0 Å². The highest BCUT2D eigenvalue weighted by atomic mass is 15.5. The molecule has 1 aromatic rings. The van der Waals surface area contributed by atoms with Crippen LogP contribution in [0.25, 0.3) is 0 Å². The zero-order valence-corrected chi connectivity index (χ0v) is 8.48. The van der Waals surface area contributed by atoms with Crippen molar-refractivity contribution >= 4 is 5.95 Å². The lowest BCUT2D eigenvalue weighted by Crippen LogP contribution is -2.35. The minimum absolute atomic E-state index is 0.393. The summed E-state index contributed by atoms with van der Waals surface area (Å²) < 4.78 is 0. The van der Waals surface area contributed by atoms with Crippen LogP contribution >= 0.6 is 0 Å². The van der Waals surface area contributed by atoms with Crippen LogP contribution < -0.4 is 5.43 Å². The smallest absolute Gasteiger partial charge is 0.238 e. The van der Waals surface area contributed by atoms with Crippen LogP contribution in [0.5, 0.6) is 0 Å². The third kappa shape index (κ3) is 2.64. The summed E-state index contributed by atoms with van der Waals surface area (Å²) in [7, 11) is 0. The summed E-state index contributed by atoms with van der Waals surface area (Å²) in [6.45, 7) is 2.03. The predicted octanol–water partition coefficient (Wildman–Crippen LogP) is 1.16. The van der Waals surface area contributed by atoms with E-state index in [1.165, 1.54) is 19.3 Å². The first kappa shape index (κ1) is 9.87. The molecule has 0 atom stereocenters. The Morgan fingerprint density at radius 2 is 2.13 bits per heavy atom. The number of hydrogen-bond donors (Lipinski definition) is 1. The molecule has 15 heavy (non-hydrogen) atoms. The molecule has 1 N–H and O–H groups in total. The fraction of sp³-hybridized carbons (Fsp3) is 0.500. The quantitative estimate of drug-likeness (QED) is 0.781. The van der Waals surface area contributed by atoms with E-state index in [0.29, 0.717) is 11.6 Å². The van der Waals surface area contributed by atoms with E-state index in [9.17, 15) is 0 Å². The fourth-order valence-corrected chi connectivity index (χ4v) is 1.62. The molecule has 1 aliphatic heterocycles. The van der Waals surface area contributed by atoms with Crippen LogP contribution in [-0.2, 0) is 0 Å². The van der Waals surface area contributed by atoms with Gasteiger partial charge >= 0.3 is 0 Å². The van der Waals surface area contributed by atoms with Crippen LogP contribution in [0.4, 0.5) is 5.95 Å². The Morgan fingerprint density at radius 3 is 2.87 bits per heavy atom. The van der Waals surface area contributed by atoms with Crippen molar-refractivity contribution in [3.63, 3.8) is 0 Å². The number of anilines is 1. The molecule has 78 valence electrons. The van der Waals surface area contributed by atoms with Crippen LogP contribution in [0, 0.1) is 11.3 Å². The molecule has 2 heterocycles. The third-order valence-corrected chi connectivity index (χ3v) is 2.38. The topological polar surface area (TPSA) is 64.8 Å². The summed E-state index contributed by atoms with van der Waals surface area (Å²) in [5, 5.41) is 10.8. The molecule has 0 spiro atoms. The van der Waals surface area contributed by atoms with Gasteiger partial charge in [0.2, 0.25) is 5.95 Å². The van der Waals surface area contributed by atoms with Gasteiger partial charge in [0.15, 0.2) is 0 Å². The summed E-state index contributed by atoms with van der Waals surface area (Å²) in [5.74, 6) is 0.510. The van der Waals surface area contributed by atoms with Crippen molar-refractivity contribution in [3.8, 4) is 6.07 Å². The van der Waals surface area contributed by atoms with Gasteiger partial charge < -0.3 is 0 Å². The van der Waals surface area contributed by atoms with Gasteiger partial charge in [-0.05, 0) is 18.9 Å². The SMILES string of the molecule is N#Cc1ccnc(NN2CCCCC2)n1. The van der Waals surface area contributed by atoms with Gasteiger partial charge in [0.1, 0.15) is 11.8 Å². The molecule has 0 aliphatic carbocycles. The molecule has 2 rings (SSSR count). The number of rotatable bonds is 2. The van der Waals surface area contributed by atoms with Gasteiger partial charge in [-0.25, -0.2) is 15.0 Å². The van der Waals surface area contributed by atoms with E-state index in [1.807, 2.05) is 6.07 Å². The number of nitriles is 1. The van der Waals surface area contributed by atoms with E-state index in [4.69, 9.17) is 5.26 Å². The third-order valence-electron chi connectivity index (χ3n) is 2.38. The van der Waals surface area contributed by atoms with Crippen molar-refractivity contribution in [2.24, 2.45) is 0 Å². The molecule has 1 aromatic heterocycles. The average molecular weight is 203 g/mol. The molecule has 0 aromatic carbocycles. The largest absolute Gasteiger partial charge is 0.287 e. The van der Waals surface area contributed by atoms with Crippen molar-refractivity contribution in [1.82, 2.24) is 15.0 Å². The molecular weight excluding hydrogens is 190 g/mol. The van der Waals surface area contributed by atoms with E-state index >= 15 is 0 Å². The summed E-state index contributed by atoms with van der Waals surface area (Å²) in [6.07, 6.45) is 5.28. The average Bonchev–Trinajstić information content (AvgIpc) is 2.31. The highest BCUT2D eigenvalue weighted by Crippen LogP contribution is 2.09. The van der Waals surface area contributed by atoms with Gasteiger partial charge in [-0.3, -0.25) is 5.43 Å². The van der Waals surface area contributed by atoms with E-state index in [1.54, 1.807) is 12.3 Å². The van der Waals surface area contributed by atoms with Crippen molar-refractivity contribution < 1.29 is 0 Å². The Balaban J connectivity index is 2.00. The first-order valence-corrected chi connectivity index (χ1v) is 5.13. The minimum Gasteiger partial charge on any atom is -0.287 e. The van der Waals surface area contributed by atoms with Gasteiger partial charge in [0.25, 0.3) is 0 Å². The monoisotopic (exact) mass is 203 g/mol. The molecule has 5 heteroatoms. The van der Waals surface area contributed by atoms with Crippen LogP contribution in [0.3, 0.4) is 0 Å². The predicted molar refractivity (Wildman–Crippen MR) is 55.8 cm³/mol. The normalized spacial score (nSPS) is 17.0. The second kappa shape index (κ2) is 4.71. The van der Waals surface area contributed by atoms with Crippen molar-refractivity contribution in [2.75, 3.05) is 18.5 Å².